The number of carbonyl (C=O) groups is 1. The van der Waals surface area contributed by atoms with Gasteiger partial charge in [0.25, 0.3) is 0 Å². The van der Waals surface area contributed by atoms with Crippen molar-refractivity contribution in [2.45, 2.75) is 25.9 Å². The summed E-state index contributed by atoms with van der Waals surface area (Å²) >= 11 is 0. The van der Waals surface area contributed by atoms with E-state index in [2.05, 4.69) is 30.7 Å². The predicted octanol–water partition coefficient (Wildman–Crippen LogP) is 4.13. The van der Waals surface area contributed by atoms with Crippen LogP contribution in [-0.2, 0) is 17.9 Å². The Hall–Kier alpha value is -4.70. The molecule has 1 fully saturated rings. The van der Waals surface area contributed by atoms with Crippen LogP contribution >= 0.6 is 0 Å². The van der Waals surface area contributed by atoms with Crippen LogP contribution in [0.2, 0.25) is 0 Å². The maximum Gasteiger partial charge on any atom is 0.247 e. The zero-order chi connectivity index (χ0) is 27.1. The van der Waals surface area contributed by atoms with E-state index in [9.17, 15) is 4.79 Å². The van der Waals surface area contributed by atoms with Crippen LogP contribution in [-0.4, -0.2) is 61.4 Å². The molecule has 10 nitrogen and oxygen atoms in total. The molecule has 1 aliphatic rings. The summed E-state index contributed by atoms with van der Waals surface area (Å²) in [5, 5.41) is 15.3. The molecule has 2 N–H and O–H groups in total. The number of pyridine rings is 1. The van der Waals surface area contributed by atoms with E-state index < -0.39 is 0 Å². The molecule has 0 radical (unpaired) electrons. The highest BCUT2D eigenvalue weighted by atomic mass is 16.5. The molecule has 4 heterocycles. The molecule has 10 heteroatoms. The SMILES string of the molecule is O=C(Cn1cc(-c2cccc3nc(Nc4ccc(OCCN5CCCC5)cc4)nn23)cn1)NCc1ccccc1. The molecule has 40 heavy (non-hydrogen) atoms. The summed E-state index contributed by atoms with van der Waals surface area (Å²) in [6, 6.07) is 23.5. The molecule has 0 atom stereocenters. The van der Waals surface area contributed by atoms with E-state index in [4.69, 9.17) is 4.74 Å². The minimum Gasteiger partial charge on any atom is -0.492 e. The number of anilines is 2. The van der Waals surface area contributed by atoms with Gasteiger partial charge >= 0.3 is 0 Å². The van der Waals surface area contributed by atoms with Crippen molar-refractivity contribution >= 4 is 23.2 Å². The van der Waals surface area contributed by atoms with Crippen LogP contribution in [0.5, 0.6) is 5.75 Å². The first-order chi connectivity index (χ1) is 19.7. The maximum atomic E-state index is 12.4. The van der Waals surface area contributed by atoms with Gasteiger partial charge in [0.1, 0.15) is 18.9 Å². The molecule has 1 amide bonds. The zero-order valence-electron chi connectivity index (χ0n) is 22.2. The van der Waals surface area contributed by atoms with Crippen LogP contribution in [0.25, 0.3) is 16.9 Å². The number of benzene rings is 2. The number of hydrogen-bond donors (Lipinski definition) is 2. The van der Waals surface area contributed by atoms with Gasteiger partial charge in [0.2, 0.25) is 11.9 Å². The number of carbonyl (C=O) groups excluding carboxylic acids is 1. The van der Waals surface area contributed by atoms with Gasteiger partial charge in [0, 0.05) is 30.5 Å². The Morgan fingerprint density at radius 1 is 0.950 bits per heavy atom. The number of hydrogen-bond acceptors (Lipinski definition) is 7. The molecule has 1 saturated heterocycles. The maximum absolute atomic E-state index is 12.4. The third kappa shape index (κ3) is 6.29. The van der Waals surface area contributed by atoms with Gasteiger partial charge in [0.15, 0.2) is 5.65 Å². The second kappa shape index (κ2) is 12.0. The van der Waals surface area contributed by atoms with E-state index in [1.807, 2.05) is 79.0 Å². The van der Waals surface area contributed by atoms with Gasteiger partial charge in [-0.15, -0.1) is 5.10 Å². The van der Waals surface area contributed by atoms with Crippen LogP contribution in [0.1, 0.15) is 18.4 Å². The summed E-state index contributed by atoms with van der Waals surface area (Å²) in [5.41, 5.74) is 4.30. The molecule has 0 saturated carbocycles. The highest BCUT2D eigenvalue weighted by Gasteiger charge is 2.13. The summed E-state index contributed by atoms with van der Waals surface area (Å²) in [6.45, 7) is 4.62. The molecule has 3 aromatic heterocycles. The van der Waals surface area contributed by atoms with Crippen molar-refractivity contribution in [1.29, 1.82) is 0 Å². The first kappa shape index (κ1) is 25.6. The standard InChI is InChI=1S/C30H32N8O2/c39-29(31-19-23-7-2-1-3-8-23)22-37-21-24(20-32-37)27-9-6-10-28-34-30(35-38(27)28)33-25-11-13-26(14-12-25)40-18-17-36-15-4-5-16-36/h1-3,6-14,20-21H,4-5,15-19,22H2,(H,31,39)(H,33,35). The Kier molecular flexibility index (Phi) is 7.67. The van der Waals surface area contributed by atoms with Gasteiger partial charge < -0.3 is 15.4 Å². The first-order valence-corrected chi connectivity index (χ1v) is 13.6. The van der Waals surface area contributed by atoms with E-state index in [1.54, 1.807) is 15.4 Å². The molecule has 2 aromatic carbocycles. The van der Waals surface area contributed by atoms with Crippen molar-refractivity contribution < 1.29 is 9.53 Å². The monoisotopic (exact) mass is 536 g/mol. The quantitative estimate of drug-likeness (QED) is 0.262. The molecule has 0 spiro atoms. The third-order valence-corrected chi connectivity index (χ3v) is 6.91. The van der Waals surface area contributed by atoms with Gasteiger partial charge in [-0.25, -0.2) is 4.52 Å². The number of rotatable bonds is 11. The fraction of sp³-hybridized carbons (Fsp3) is 0.267. The predicted molar refractivity (Wildman–Crippen MR) is 153 cm³/mol. The number of nitrogens with one attached hydrogen (secondary N) is 2. The summed E-state index contributed by atoms with van der Waals surface area (Å²) in [7, 11) is 0. The molecule has 1 aliphatic heterocycles. The fourth-order valence-electron chi connectivity index (χ4n) is 4.82. The summed E-state index contributed by atoms with van der Waals surface area (Å²) < 4.78 is 9.31. The first-order valence-electron chi connectivity index (χ1n) is 13.6. The topological polar surface area (TPSA) is 102 Å². The number of aromatic nitrogens is 5. The molecule has 0 unspecified atom stereocenters. The van der Waals surface area contributed by atoms with Crippen LogP contribution in [0.3, 0.4) is 0 Å². The van der Waals surface area contributed by atoms with Crippen molar-refractivity contribution in [3.8, 4) is 17.0 Å². The molecular weight excluding hydrogens is 504 g/mol. The summed E-state index contributed by atoms with van der Waals surface area (Å²) in [4.78, 5) is 19.5. The smallest absolute Gasteiger partial charge is 0.247 e. The Morgan fingerprint density at radius 3 is 2.60 bits per heavy atom. The fourth-order valence-corrected chi connectivity index (χ4v) is 4.82. The molecular formula is C30H32N8O2. The lowest BCUT2D eigenvalue weighted by Gasteiger charge is -2.15. The highest BCUT2D eigenvalue weighted by Crippen LogP contribution is 2.23. The Morgan fingerprint density at radius 2 is 1.77 bits per heavy atom. The lowest BCUT2D eigenvalue weighted by molar-refractivity contribution is -0.122. The van der Waals surface area contributed by atoms with Crippen molar-refractivity contribution in [1.82, 2.24) is 34.6 Å². The number of ether oxygens (including phenoxy) is 1. The highest BCUT2D eigenvalue weighted by molar-refractivity contribution is 5.75. The Bertz CT molecular complexity index is 1560. The van der Waals surface area contributed by atoms with E-state index in [0.29, 0.717) is 24.7 Å². The zero-order valence-corrected chi connectivity index (χ0v) is 22.2. The van der Waals surface area contributed by atoms with Crippen LogP contribution in [0, 0.1) is 0 Å². The van der Waals surface area contributed by atoms with Crippen molar-refractivity contribution in [3.05, 3.63) is 90.8 Å². The average Bonchev–Trinajstić information content (AvgIpc) is 3.75. The second-order valence-corrected chi connectivity index (χ2v) is 9.85. The summed E-state index contributed by atoms with van der Waals surface area (Å²) in [5.74, 6) is 1.23. The molecule has 0 aliphatic carbocycles. The molecule has 204 valence electrons. The summed E-state index contributed by atoms with van der Waals surface area (Å²) in [6.07, 6.45) is 6.15. The molecule has 0 bridgehead atoms. The van der Waals surface area contributed by atoms with Gasteiger partial charge in [-0.3, -0.25) is 14.4 Å². The second-order valence-electron chi connectivity index (χ2n) is 9.85. The van der Waals surface area contributed by atoms with Crippen molar-refractivity contribution in [2.24, 2.45) is 0 Å². The number of likely N-dealkylation sites (tertiary alicyclic amines) is 1. The normalized spacial score (nSPS) is 13.5. The minimum atomic E-state index is -0.105. The molecule has 6 rings (SSSR count). The largest absolute Gasteiger partial charge is 0.492 e. The lowest BCUT2D eigenvalue weighted by atomic mass is 10.2. The minimum absolute atomic E-state index is 0.105. The average molecular weight is 537 g/mol. The third-order valence-electron chi connectivity index (χ3n) is 6.91. The van der Waals surface area contributed by atoms with Gasteiger partial charge in [-0.2, -0.15) is 10.1 Å². The lowest BCUT2D eigenvalue weighted by Crippen LogP contribution is -2.27. The molecule has 5 aromatic rings. The number of amides is 1. The van der Waals surface area contributed by atoms with E-state index in [0.717, 1.165) is 34.8 Å². The van der Waals surface area contributed by atoms with Crippen LogP contribution in [0.4, 0.5) is 11.6 Å². The number of nitrogens with zero attached hydrogens (tertiary/aromatic N) is 6. The van der Waals surface area contributed by atoms with Crippen molar-refractivity contribution in [3.63, 3.8) is 0 Å². The van der Waals surface area contributed by atoms with Gasteiger partial charge in [-0.05, 0) is 67.9 Å². The van der Waals surface area contributed by atoms with E-state index in [-0.39, 0.29) is 12.5 Å². The van der Waals surface area contributed by atoms with Crippen molar-refractivity contribution in [2.75, 3.05) is 31.6 Å². The van der Waals surface area contributed by atoms with E-state index in [1.165, 1.54) is 25.9 Å². The van der Waals surface area contributed by atoms with Crippen LogP contribution < -0.4 is 15.4 Å². The number of fused-ring (bicyclic) bond motifs is 1. The van der Waals surface area contributed by atoms with Gasteiger partial charge in [0.05, 0.1) is 11.9 Å². The van der Waals surface area contributed by atoms with E-state index >= 15 is 0 Å². The Balaban J connectivity index is 1.07. The Labute approximate surface area is 232 Å². The van der Waals surface area contributed by atoms with Gasteiger partial charge in [-0.1, -0.05) is 36.4 Å². The van der Waals surface area contributed by atoms with Crippen LogP contribution in [0.15, 0.2) is 85.2 Å².